The van der Waals surface area contributed by atoms with E-state index >= 15 is 0 Å². The van der Waals surface area contributed by atoms with E-state index < -0.39 is 29.5 Å². The van der Waals surface area contributed by atoms with Crippen LogP contribution in [0.3, 0.4) is 0 Å². The lowest BCUT2D eigenvalue weighted by molar-refractivity contribution is -0.143. The Kier molecular flexibility index (Phi) is 13.0. The molecule has 0 unspecified atom stereocenters. The Morgan fingerprint density at radius 1 is 0.880 bits per heavy atom. The second-order valence-electron chi connectivity index (χ2n) is 6.22. The summed E-state index contributed by atoms with van der Waals surface area (Å²) in [4.78, 5) is 43.1. The van der Waals surface area contributed by atoms with Crippen molar-refractivity contribution in [1.29, 1.82) is 0 Å². The van der Waals surface area contributed by atoms with Crippen LogP contribution in [-0.4, -0.2) is 62.9 Å². The van der Waals surface area contributed by atoms with E-state index in [2.05, 4.69) is 0 Å². The van der Waals surface area contributed by atoms with Gasteiger partial charge in [-0.3, -0.25) is 14.4 Å². The largest absolute Gasteiger partial charge is 0.481 e. The summed E-state index contributed by atoms with van der Waals surface area (Å²) in [5.74, 6) is -3.07. The van der Waals surface area contributed by atoms with Gasteiger partial charge in [0.05, 0.1) is 25.9 Å². The summed E-state index contributed by atoms with van der Waals surface area (Å²) in [6.07, 6.45) is 0.679. The van der Waals surface area contributed by atoms with Crippen molar-refractivity contribution in [3.63, 3.8) is 0 Å². The van der Waals surface area contributed by atoms with E-state index in [9.17, 15) is 19.2 Å². The minimum atomic E-state index is -1.08. The normalized spacial score (nSPS) is 10.2. The fourth-order valence-corrected chi connectivity index (χ4v) is 1.50. The number of amides is 1. The molecule has 0 spiro atoms. The van der Waals surface area contributed by atoms with Crippen molar-refractivity contribution in [1.82, 2.24) is 4.90 Å². The van der Waals surface area contributed by atoms with E-state index in [0.29, 0.717) is 6.61 Å². The number of nitrogens with zero attached hydrogens (tertiary/aromatic N) is 1. The average molecular weight is 363 g/mol. The Balaban J connectivity index is 0. The molecule has 0 radical (unpaired) electrons. The third kappa shape index (κ3) is 16.3. The summed E-state index contributed by atoms with van der Waals surface area (Å²) < 4.78 is 5.10. The Bertz CT molecular complexity index is 428. The van der Waals surface area contributed by atoms with Crippen LogP contribution >= 0.6 is 0 Å². The first-order chi connectivity index (χ1) is 11.4. The third-order valence-corrected chi connectivity index (χ3v) is 2.86. The van der Waals surface area contributed by atoms with E-state index in [-0.39, 0.29) is 25.8 Å². The number of aliphatic carboxylic acids is 3. The third-order valence-electron chi connectivity index (χ3n) is 2.86. The molecule has 0 heterocycles. The Morgan fingerprint density at radius 3 is 1.64 bits per heavy atom. The molecule has 0 aromatic rings. The molecule has 0 aromatic heterocycles. The molecule has 0 rings (SSSR count). The molecule has 0 bridgehead atoms. The molecule has 146 valence electrons. The molecule has 1 amide bonds. The van der Waals surface area contributed by atoms with Crippen molar-refractivity contribution in [2.75, 3.05) is 13.2 Å². The van der Waals surface area contributed by atoms with Gasteiger partial charge in [-0.15, -0.1) is 0 Å². The summed E-state index contributed by atoms with van der Waals surface area (Å²) in [5, 5.41) is 24.4. The molecule has 9 heteroatoms. The number of carboxylic acid groups (broad SMARTS) is 3. The van der Waals surface area contributed by atoms with Crippen molar-refractivity contribution in [2.24, 2.45) is 0 Å². The molecule has 0 aromatic carbocycles. The highest BCUT2D eigenvalue weighted by atomic mass is 16.6. The van der Waals surface area contributed by atoms with Crippen molar-refractivity contribution >= 4 is 24.0 Å². The number of unbranched alkanes of at least 4 members (excludes halogenated alkanes) is 1. The molecule has 0 saturated carbocycles. The summed E-state index contributed by atoms with van der Waals surface area (Å²) in [6.45, 7) is 8.14. The van der Waals surface area contributed by atoms with Gasteiger partial charge >= 0.3 is 24.0 Å². The van der Waals surface area contributed by atoms with Gasteiger partial charge in [-0.2, -0.15) is 0 Å². The van der Waals surface area contributed by atoms with Crippen LogP contribution in [0.15, 0.2) is 0 Å². The second-order valence-corrected chi connectivity index (χ2v) is 6.22. The first-order valence-electron chi connectivity index (χ1n) is 8.01. The van der Waals surface area contributed by atoms with Gasteiger partial charge in [0.15, 0.2) is 0 Å². The maximum atomic E-state index is 11.8. The van der Waals surface area contributed by atoms with Crippen LogP contribution in [0.1, 0.15) is 59.8 Å². The maximum Gasteiger partial charge on any atom is 0.410 e. The summed E-state index contributed by atoms with van der Waals surface area (Å²) >= 11 is 0. The van der Waals surface area contributed by atoms with Crippen molar-refractivity contribution in [3.05, 3.63) is 0 Å². The van der Waals surface area contributed by atoms with E-state index in [1.165, 1.54) is 4.90 Å². The second kappa shape index (κ2) is 13.0. The molecule has 9 nitrogen and oxygen atoms in total. The van der Waals surface area contributed by atoms with Gasteiger partial charge in [0, 0.05) is 12.1 Å². The fraction of sp³-hybridized carbons (Fsp3) is 0.750. The molecule has 0 fully saturated rings. The van der Waals surface area contributed by atoms with Gasteiger partial charge in [-0.1, -0.05) is 13.3 Å². The predicted molar refractivity (Wildman–Crippen MR) is 89.5 cm³/mol. The van der Waals surface area contributed by atoms with Crippen LogP contribution in [0.25, 0.3) is 0 Å². The van der Waals surface area contributed by atoms with Gasteiger partial charge in [-0.05, 0) is 27.2 Å². The Morgan fingerprint density at radius 2 is 1.32 bits per heavy atom. The molecule has 0 aliphatic heterocycles. The Hall–Kier alpha value is -2.32. The van der Waals surface area contributed by atoms with Crippen LogP contribution in [0.5, 0.6) is 0 Å². The monoisotopic (exact) mass is 363 g/mol. The van der Waals surface area contributed by atoms with E-state index in [1.807, 2.05) is 27.7 Å². The summed E-state index contributed by atoms with van der Waals surface area (Å²) in [7, 11) is 0. The molecule has 0 atom stereocenters. The summed E-state index contributed by atoms with van der Waals surface area (Å²) in [5.41, 5.74) is -0.432. The first kappa shape index (κ1) is 24.9. The van der Waals surface area contributed by atoms with Gasteiger partial charge in [-0.25, -0.2) is 4.79 Å². The van der Waals surface area contributed by atoms with Crippen molar-refractivity contribution in [3.8, 4) is 0 Å². The van der Waals surface area contributed by atoms with Crippen LogP contribution < -0.4 is 0 Å². The maximum absolute atomic E-state index is 11.8. The van der Waals surface area contributed by atoms with E-state index in [4.69, 9.17) is 20.1 Å². The lowest BCUT2D eigenvalue weighted by atomic mass is 10.1. The zero-order valence-corrected chi connectivity index (χ0v) is 15.3. The minimum absolute atomic E-state index is 0.0693. The quantitative estimate of drug-likeness (QED) is 0.530. The van der Waals surface area contributed by atoms with Gasteiger partial charge in [0.2, 0.25) is 0 Å². The smallest absolute Gasteiger partial charge is 0.410 e. The van der Waals surface area contributed by atoms with Crippen LogP contribution in [-0.2, 0) is 19.1 Å². The topological polar surface area (TPSA) is 141 Å². The standard InChI is InChI=1S/C12H23NO4.C4H6O4/c1-5-6-9-17-11(16)13(12(2,3)4)8-7-10(14)15;5-3(6)1-2-4(7)8/h5-9H2,1-4H3,(H,14,15);1-2H2,(H,5,6)(H,7,8). The highest BCUT2D eigenvalue weighted by Crippen LogP contribution is 2.15. The molecule has 25 heavy (non-hydrogen) atoms. The molecule has 0 aliphatic carbocycles. The number of rotatable bonds is 9. The predicted octanol–water partition coefficient (Wildman–Crippen LogP) is 2.43. The Labute approximate surface area is 147 Å². The number of carbonyl (C=O) groups excluding carboxylic acids is 1. The van der Waals surface area contributed by atoms with Crippen LogP contribution in [0.4, 0.5) is 4.79 Å². The number of carboxylic acids is 3. The van der Waals surface area contributed by atoms with Crippen molar-refractivity contribution in [2.45, 2.75) is 65.3 Å². The molecule has 3 N–H and O–H groups in total. The number of hydrogen-bond donors (Lipinski definition) is 3. The molecular weight excluding hydrogens is 334 g/mol. The molecule has 0 aliphatic rings. The average Bonchev–Trinajstić information content (AvgIpc) is 2.44. The lowest BCUT2D eigenvalue weighted by Crippen LogP contribution is -2.47. The zero-order valence-electron chi connectivity index (χ0n) is 15.3. The molecular formula is C16H29NO8. The van der Waals surface area contributed by atoms with Gasteiger partial charge < -0.3 is 25.0 Å². The first-order valence-corrected chi connectivity index (χ1v) is 8.01. The highest BCUT2D eigenvalue weighted by Gasteiger charge is 2.27. The van der Waals surface area contributed by atoms with Crippen LogP contribution in [0.2, 0.25) is 0 Å². The van der Waals surface area contributed by atoms with Crippen LogP contribution in [0, 0.1) is 0 Å². The fourth-order valence-electron chi connectivity index (χ4n) is 1.50. The van der Waals surface area contributed by atoms with Gasteiger partial charge in [0.25, 0.3) is 0 Å². The highest BCUT2D eigenvalue weighted by molar-refractivity contribution is 5.75. The zero-order chi connectivity index (χ0) is 20.0. The van der Waals surface area contributed by atoms with Gasteiger partial charge in [0.1, 0.15) is 0 Å². The minimum Gasteiger partial charge on any atom is -0.481 e. The number of hydrogen-bond acceptors (Lipinski definition) is 5. The SMILES string of the molecule is CCCCOC(=O)N(CCC(=O)O)C(C)(C)C.O=C(O)CCC(=O)O. The lowest BCUT2D eigenvalue weighted by Gasteiger charge is -2.34. The number of ether oxygens (including phenoxy) is 1. The van der Waals surface area contributed by atoms with Crippen molar-refractivity contribution < 1.29 is 39.2 Å². The van der Waals surface area contributed by atoms with E-state index in [1.54, 1.807) is 0 Å². The van der Waals surface area contributed by atoms with E-state index in [0.717, 1.165) is 12.8 Å². The number of carbonyl (C=O) groups is 4. The molecule has 0 saturated heterocycles. The summed E-state index contributed by atoms with van der Waals surface area (Å²) in [6, 6.07) is 0.